The van der Waals surface area contributed by atoms with Crippen LogP contribution in [0.5, 0.6) is 23.0 Å². The van der Waals surface area contributed by atoms with E-state index < -0.39 is 0 Å². The molecule has 0 spiro atoms. The molecule has 30 heavy (non-hydrogen) atoms. The van der Waals surface area contributed by atoms with E-state index in [1.54, 1.807) is 6.26 Å². The third-order valence-corrected chi connectivity index (χ3v) is 6.53. The Morgan fingerprint density at radius 3 is 1.80 bits per heavy atom. The van der Waals surface area contributed by atoms with E-state index in [-0.39, 0.29) is 24.5 Å². The molecule has 0 aliphatic carbocycles. The Morgan fingerprint density at radius 2 is 1.30 bits per heavy atom. The maximum absolute atomic E-state index is 5.69. The molecular weight excluding hydrogens is 406 g/mol. The summed E-state index contributed by atoms with van der Waals surface area (Å²) >= 11 is 0. The lowest BCUT2D eigenvalue weighted by atomic mass is 9.76. The standard InChI is InChI=1S/C23H19NO5.ClH/c1-2-15(25-3-1)10-24-18-4-13-6-20-22(28-11-26-20)8-16(13)19(24)5-14-7-21-23(9-17(14)18)29-12-27-21;/h1-3,6-9,18-19H,4-5,10-12H2;1H. The van der Waals surface area contributed by atoms with Gasteiger partial charge in [-0.2, -0.15) is 0 Å². The van der Waals surface area contributed by atoms with Crippen LogP contribution >= 0.6 is 12.4 Å². The van der Waals surface area contributed by atoms with Crippen molar-refractivity contribution in [1.29, 1.82) is 0 Å². The van der Waals surface area contributed by atoms with E-state index in [0.29, 0.717) is 13.6 Å². The molecule has 0 saturated carbocycles. The largest absolute Gasteiger partial charge is 0.468 e. The highest BCUT2D eigenvalue weighted by Gasteiger charge is 2.42. The van der Waals surface area contributed by atoms with Crippen LogP contribution in [0, 0.1) is 0 Å². The molecule has 2 bridgehead atoms. The highest BCUT2D eigenvalue weighted by atomic mass is 35.5. The minimum absolute atomic E-state index is 0. The Labute approximate surface area is 179 Å². The van der Waals surface area contributed by atoms with Crippen LogP contribution in [-0.2, 0) is 19.4 Å². The molecule has 2 atom stereocenters. The van der Waals surface area contributed by atoms with Crippen molar-refractivity contribution in [2.24, 2.45) is 0 Å². The third-order valence-electron chi connectivity index (χ3n) is 6.53. The topological polar surface area (TPSA) is 53.3 Å². The number of hydrogen-bond acceptors (Lipinski definition) is 6. The van der Waals surface area contributed by atoms with Gasteiger partial charge in [0.15, 0.2) is 23.0 Å². The number of fused-ring (bicyclic) bond motifs is 8. The second-order valence-corrected chi connectivity index (χ2v) is 8.00. The minimum Gasteiger partial charge on any atom is -0.468 e. The van der Waals surface area contributed by atoms with Crippen molar-refractivity contribution in [2.75, 3.05) is 13.6 Å². The number of halogens is 1. The van der Waals surface area contributed by atoms with Gasteiger partial charge in [0, 0.05) is 12.1 Å². The van der Waals surface area contributed by atoms with Gasteiger partial charge in [0.1, 0.15) is 5.76 Å². The first-order valence-corrected chi connectivity index (χ1v) is 9.96. The zero-order valence-electron chi connectivity index (χ0n) is 16.1. The zero-order chi connectivity index (χ0) is 18.9. The SMILES string of the molecule is Cl.c1coc(CN2C3Cc4cc5c(cc4C2Cc2cc4c(cc23)OCO4)OCO5)c1. The molecule has 7 rings (SSSR count). The molecule has 5 heterocycles. The summed E-state index contributed by atoms with van der Waals surface area (Å²) in [7, 11) is 0. The van der Waals surface area contributed by atoms with Crippen LogP contribution in [0.1, 0.15) is 40.1 Å². The number of nitrogens with zero attached hydrogens (tertiary/aromatic N) is 1. The number of furan rings is 1. The quantitative estimate of drug-likeness (QED) is 0.600. The van der Waals surface area contributed by atoms with Crippen molar-refractivity contribution in [1.82, 2.24) is 4.90 Å². The van der Waals surface area contributed by atoms with Gasteiger partial charge in [-0.1, -0.05) is 0 Å². The smallest absolute Gasteiger partial charge is 0.231 e. The number of hydrogen-bond donors (Lipinski definition) is 0. The molecule has 6 nitrogen and oxygen atoms in total. The Bertz CT molecular complexity index is 1060. The van der Waals surface area contributed by atoms with Crippen molar-refractivity contribution in [2.45, 2.75) is 31.5 Å². The van der Waals surface area contributed by atoms with Crippen LogP contribution in [0.3, 0.4) is 0 Å². The van der Waals surface area contributed by atoms with Gasteiger partial charge in [0.05, 0.1) is 12.8 Å². The summed E-state index contributed by atoms with van der Waals surface area (Å²) in [6.07, 6.45) is 3.57. The van der Waals surface area contributed by atoms with Crippen LogP contribution in [0.4, 0.5) is 0 Å². The van der Waals surface area contributed by atoms with E-state index in [9.17, 15) is 0 Å². The van der Waals surface area contributed by atoms with Gasteiger partial charge in [0.25, 0.3) is 0 Å². The number of rotatable bonds is 2. The van der Waals surface area contributed by atoms with Gasteiger partial charge >= 0.3 is 0 Å². The fourth-order valence-electron chi connectivity index (χ4n) is 5.22. The van der Waals surface area contributed by atoms with Gasteiger partial charge in [-0.25, -0.2) is 0 Å². The summed E-state index contributed by atoms with van der Waals surface area (Å²) in [5.41, 5.74) is 5.31. The maximum atomic E-state index is 5.69. The lowest BCUT2D eigenvalue weighted by molar-refractivity contribution is 0.0838. The van der Waals surface area contributed by atoms with Gasteiger partial charge in [0.2, 0.25) is 13.6 Å². The molecule has 1 aromatic heterocycles. The molecule has 4 aliphatic rings. The van der Waals surface area contributed by atoms with Gasteiger partial charge in [-0.15, -0.1) is 12.4 Å². The molecule has 2 aromatic carbocycles. The summed E-state index contributed by atoms with van der Waals surface area (Å²) in [5, 5.41) is 0. The third kappa shape index (κ3) is 2.53. The Balaban J connectivity index is 0.00000175. The number of benzene rings is 2. The lowest BCUT2D eigenvalue weighted by Crippen LogP contribution is -2.42. The number of ether oxygens (including phenoxy) is 4. The minimum atomic E-state index is 0. The van der Waals surface area contributed by atoms with E-state index >= 15 is 0 Å². The first-order valence-electron chi connectivity index (χ1n) is 9.96. The van der Waals surface area contributed by atoms with Crippen LogP contribution in [0.2, 0.25) is 0 Å². The zero-order valence-corrected chi connectivity index (χ0v) is 16.9. The van der Waals surface area contributed by atoms with E-state index in [4.69, 9.17) is 23.4 Å². The molecule has 7 heteroatoms. The molecule has 0 radical (unpaired) electrons. The van der Waals surface area contributed by atoms with Gasteiger partial charge in [-0.05, 0) is 71.5 Å². The Morgan fingerprint density at radius 1 is 0.767 bits per heavy atom. The summed E-state index contributed by atoms with van der Waals surface area (Å²) < 4.78 is 28.3. The molecule has 2 unspecified atom stereocenters. The highest BCUT2D eigenvalue weighted by Crippen LogP contribution is 2.52. The summed E-state index contributed by atoms with van der Waals surface area (Å²) in [4.78, 5) is 2.55. The van der Waals surface area contributed by atoms with E-state index in [0.717, 1.165) is 48.1 Å². The van der Waals surface area contributed by atoms with Crippen molar-refractivity contribution < 1.29 is 23.4 Å². The van der Waals surface area contributed by atoms with Crippen molar-refractivity contribution >= 4 is 12.4 Å². The van der Waals surface area contributed by atoms with Crippen LogP contribution < -0.4 is 18.9 Å². The fraction of sp³-hybridized carbons (Fsp3) is 0.304. The molecule has 0 saturated heterocycles. The molecule has 0 amide bonds. The van der Waals surface area contributed by atoms with Crippen molar-refractivity contribution in [3.63, 3.8) is 0 Å². The summed E-state index contributed by atoms with van der Waals surface area (Å²) in [6.45, 7) is 1.36. The maximum Gasteiger partial charge on any atom is 0.231 e. The highest BCUT2D eigenvalue weighted by molar-refractivity contribution is 5.85. The van der Waals surface area contributed by atoms with E-state index in [2.05, 4.69) is 29.2 Å². The first kappa shape index (κ1) is 18.0. The molecule has 154 valence electrons. The lowest BCUT2D eigenvalue weighted by Gasteiger charge is -2.47. The monoisotopic (exact) mass is 425 g/mol. The second-order valence-electron chi connectivity index (χ2n) is 8.00. The van der Waals surface area contributed by atoms with Crippen LogP contribution in [-0.4, -0.2) is 18.5 Å². The van der Waals surface area contributed by atoms with Crippen molar-refractivity contribution in [3.05, 3.63) is 70.7 Å². The molecule has 0 fully saturated rings. The van der Waals surface area contributed by atoms with Crippen LogP contribution in [0.15, 0.2) is 47.1 Å². The van der Waals surface area contributed by atoms with E-state index in [1.807, 2.05) is 12.1 Å². The predicted octanol–water partition coefficient (Wildman–Crippen LogP) is 4.56. The van der Waals surface area contributed by atoms with E-state index in [1.165, 1.54) is 22.3 Å². The normalized spacial score (nSPS) is 22.3. The Kier molecular flexibility index (Phi) is 3.95. The van der Waals surface area contributed by atoms with Gasteiger partial charge in [-0.3, -0.25) is 4.90 Å². The first-order chi connectivity index (χ1) is 14.3. The average Bonchev–Trinajstić information content (AvgIpc) is 3.48. The average molecular weight is 426 g/mol. The Hall–Kier alpha value is -2.83. The fourth-order valence-corrected chi connectivity index (χ4v) is 5.22. The van der Waals surface area contributed by atoms with Crippen LogP contribution in [0.25, 0.3) is 0 Å². The predicted molar refractivity (Wildman–Crippen MR) is 110 cm³/mol. The summed E-state index contributed by atoms with van der Waals surface area (Å²) in [5.74, 6) is 4.38. The second kappa shape index (κ2) is 6.59. The molecule has 0 N–H and O–H groups in total. The van der Waals surface area contributed by atoms with Gasteiger partial charge < -0.3 is 23.4 Å². The molecule has 3 aromatic rings. The molecular formula is C23H20ClNO5. The summed E-state index contributed by atoms with van der Waals surface area (Å²) in [6, 6.07) is 13.2. The van der Waals surface area contributed by atoms with Crippen molar-refractivity contribution in [3.8, 4) is 23.0 Å². The molecule has 4 aliphatic heterocycles.